The summed E-state index contributed by atoms with van der Waals surface area (Å²) in [4.78, 5) is 2.61. The third kappa shape index (κ3) is 6.30. The van der Waals surface area contributed by atoms with Gasteiger partial charge in [0, 0.05) is 22.5 Å². The Bertz CT molecular complexity index is 2350. The highest BCUT2D eigenvalue weighted by atomic mass is 15.1. The average molecular weight is 790 g/mol. The number of anilines is 3. The maximum atomic E-state index is 4.07. The second kappa shape index (κ2) is 15.2. The Labute approximate surface area is 361 Å². The van der Waals surface area contributed by atoms with E-state index in [9.17, 15) is 0 Å². The standard InChI is InChI=1S/C59H67N/c1-4-7-9-11-29-59(30-12-10-8-5-2)55-34-49(58-38-42-31-43(39-58)37-57(36-42,40-58)48-21-13-41(6-3)14-22-48)23-27-53(55)54-28-26-52(35-56(54)59)60(50-24-19-44-15-17-46(44)32-50)51-25-20-45-16-18-47(45)33-51/h6,13-14,19-28,32-35,42-43H,3-5,7-12,15-18,29-31,36-40H2,1-2H3. The molecule has 7 aliphatic rings. The molecule has 2 unspecified atom stereocenters. The van der Waals surface area contributed by atoms with Gasteiger partial charge in [0.25, 0.3) is 0 Å². The molecular weight excluding hydrogens is 723 g/mol. The lowest BCUT2D eigenvalue weighted by Gasteiger charge is -2.63. The highest BCUT2D eigenvalue weighted by Gasteiger charge is 2.59. The number of benzene rings is 5. The lowest BCUT2D eigenvalue weighted by molar-refractivity contribution is -0.0281. The molecule has 4 fully saturated rings. The molecule has 4 saturated carbocycles. The van der Waals surface area contributed by atoms with Crippen LogP contribution in [0.1, 0.15) is 167 Å². The van der Waals surface area contributed by atoms with Crippen molar-refractivity contribution in [3.63, 3.8) is 0 Å². The van der Waals surface area contributed by atoms with Crippen molar-refractivity contribution in [3.05, 3.63) is 154 Å². The molecule has 0 aliphatic heterocycles. The van der Waals surface area contributed by atoms with Crippen LogP contribution in [-0.4, -0.2) is 0 Å². The van der Waals surface area contributed by atoms with Crippen LogP contribution in [0.4, 0.5) is 17.1 Å². The van der Waals surface area contributed by atoms with Crippen LogP contribution in [0, 0.1) is 11.8 Å². The molecule has 2 atom stereocenters. The molecule has 4 bridgehead atoms. The van der Waals surface area contributed by atoms with E-state index in [2.05, 4.69) is 122 Å². The zero-order valence-electron chi connectivity index (χ0n) is 36.8. The molecule has 12 rings (SSSR count). The lowest BCUT2D eigenvalue weighted by atomic mass is 9.41. The molecule has 0 amide bonds. The summed E-state index contributed by atoms with van der Waals surface area (Å²) >= 11 is 0. The van der Waals surface area contributed by atoms with E-state index < -0.39 is 0 Å². The van der Waals surface area contributed by atoms with E-state index >= 15 is 0 Å². The maximum Gasteiger partial charge on any atom is 0.0465 e. The first-order valence-corrected chi connectivity index (χ1v) is 24.5. The highest BCUT2D eigenvalue weighted by Crippen LogP contribution is 2.67. The van der Waals surface area contributed by atoms with E-state index in [1.165, 1.54) is 184 Å². The van der Waals surface area contributed by atoms with Crippen molar-refractivity contribution in [3.8, 4) is 11.1 Å². The summed E-state index contributed by atoms with van der Waals surface area (Å²) in [5.41, 5.74) is 21.5. The molecule has 0 N–H and O–H groups in total. The SMILES string of the molecule is C=Cc1ccc(C23CC4CC(C2)CC(c2ccc5c(c2)C(CCCCCC)(CCCCCC)c2cc(N(c6ccc7c(c6)CC7)c6ccc7c(c6)CC7)ccc2-5)(C4)C3)cc1. The molecule has 1 heteroatoms. The third-order valence-corrected chi connectivity index (χ3v) is 17.2. The van der Waals surface area contributed by atoms with Gasteiger partial charge in [-0.25, -0.2) is 0 Å². The van der Waals surface area contributed by atoms with Crippen molar-refractivity contribution >= 4 is 23.1 Å². The first-order valence-electron chi connectivity index (χ1n) is 24.5. The quantitative estimate of drug-likeness (QED) is 0.0900. The van der Waals surface area contributed by atoms with E-state index in [1.807, 2.05) is 6.08 Å². The third-order valence-electron chi connectivity index (χ3n) is 17.2. The topological polar surface area (TPSA) is 3.24 Å². The van der Waals surface area contributed by atoms with Gasteiger partial charge in [-0.15, -0.1) is 0 Å². The van der Waals surface area contributed by atoms with Crippen LogP contribution in [0.5, 0.6) is 0 Å². The number of aryl methyl sites for hydroxylation is 4. The Morgan fingerprint density at radius 3 is 1.57 bits per heavy atom. The molecule has 1 nitrogen and oxygen atoms in total. The maximum absolute atomic E-state index is 4.07. The van der Waals surface area contributed by atoms with Crippen molar-refractivity contribution < 1.29 is 0 Å². The molecule has 0 saturated heterocycles. The number of nitrogens with zero attached hydrogens (tertiary/aromatic N) is 1. The molecule has 5 aromatic rings. The Kier molecular flexibility index (Phi) is 9.78. The predicted molar refractivity (Wildman–Crippen MR) is 254 cm³/mol. The number of unbranched alkanes of at least 4 members (excludes halogenated alkanes) is 6. The van der Waals surface area contributed by atoms with Crippen LogP contribution in [0.2, 0.25) is 0 Å². The van der Waals surface area contributed by atoms with E-state index in [0.717, 1.165) is 11.8 Å². The van der Waals surface area contributed by atoms with Gasteiger partial charge in [0.2, 0.25) is 0 Å². The van der Waals surface area contributed by atoms with Gasteiger partial charge in [0.1, 0.15) is 0 Å². The van der Waals surface area contributed by atoms with Gasteiger partial charge in [-0.2, -0.15) is 0 Å². The van der Waals surface area contributed by atoms with Crippen LogP contribution in [0.15, 0.2) is 104 Å². The summed E-state index contributed by atoms with van der Waals surface area (Å²) in [5.74, 6) is 1.67. The first-order chi connectivity index (χ1) is 29.4. The normalized spacial score (nSPS) is 24.5. The molecule has 0 aromatic heterocycles. The van der Waals surface area contributed by atoms with Gasteiger partial charge in [0.15, 0.2) is 0 Å². The van der Waals surface area contributed by atoms with Crippen molar-refractivity contribution in [1.82, 2.24) is 0 Å². The largest absolute Gasteiger partial charge is 0.310 e. The van der Waals surface area contributed by atoms with E-state index in [-0.39, 0.29) is 10.8 Å². The van der Waals surface area contributed by atoms with Gasteiger partial charge in [-0.1, -0.05) is 139 Å². The Morgan fingerprint density at radius 1 is 0.533 bits per heavy atom. The van der Waals surface area contributed by atoms with Gasteiger partial charge < -0.3 is 4.90 Å². The van der Waals surface area contributed by atoms with Crippen LogP contribution < -0.4 is 4.90 Å². The second-order valence-electron chi connectivity index (χ2n) is 20.8. The summed E-state index contributed by atoms with van der Waals surface area (Å²) in [7, 11) is 0. The predicted octanol–water partition coefficient (Wildman–Crippen LogP) is 16.0. The minimum Gasteiger partial charge on any atom is -0.310 e. The molecule has 0 heterocycles. The highest BCUT2D eigenvalue weighted by molar-refractivity contribution is 5.86. The van der Waals surface area contributed by atoms with Crippen molar-refractivity contribution in [1.29, 1.82) is 0 Å². The Morgan fingerprint density at radius 2 is 1.03 bits per heavy atom. The second-order valence-corrected chi connectivity index (χ2v) is 20.8. The molecular formula is C59H67N. The van der Waals surface area contributed by atoms with E-state index in [1.54, 1.807) is 22.3 Å². The van der Waals surface area contributed by atoms with Gasteiger partial charge in [-0.3, -0.25) is 0 Å². The van der Waals surface area contributed by atoms with Crippen LogP contribution >= 0.6 is 0 Å². The minimum atomic E-state index is 0.0330. The van der Waals surface area contributed by atoms with Crippen LogP contribution in [-0.2, 0) is 41.9 Å². The van der Waals surface area contributed by atoms with Gasteiger partial charge in [-0.05, 0) is 197 Å². The molecule has 0 radical (unpaired) electrons. The molecule has 7 aliphatic carbocycles. The van der Waals surface area contributed by atoms with Gasteiger partial charge in [0.05, 0.1) is 0 Å². The van der Waals surface area contributed by atoms with E-state index in [0.29, 0.717) is 5.41 Å². The fourth-order valence-corrected chi connectivity index (χ4v) is 14.3. The average Bonchev–Trinajstić information content (AvgIpc) is 3.50. The summed E-state index contributed by atoms with van der Waals surface area (Å²) in [5, 5.41) is 0. The summed E-state index contributed by atoms with van der Waals surface area (Å²) in [6, 6.07) is 40.0. The fraction of sp³-hybridized carbons (Fsp3) is 0.458. The van der Waals surface area contributed by atoms with Crippen LogP contribution in [0.25, 0.3) is 17.2 Å². The van der Waals surface area contributed by atoms with Crippen molar-refractivity contribution in [2.24, 2.45) is 11.8 Å². The van der Waals surface area contributed by atoms with Crippen LogP contribution in [0.3, 0.4) is 0 Å². The zero-order valence-corrected chi connectivity index (χ0v) is 36.8. The summed E-state index contributed by atoms with van der Waals surface area (Å²) in [6.07, 6.45) is 28.1. The number of hydrogen-bond acceptors (Lipinski definition) is 1. The monoisotopic (exact) mass is 790 g/mol. The van der Waals surface area contributed by atoms with Crippen molar-refractivity contribution in [2.75, 3.05) is 4.90 Å². The summed E-state index contributed by atoms with van der Waals surface area (Å²) < 4.78 is 0. The number of hydrogen-bond donors (Lipinski definition) is 0. The lowest BCUT2D eigenvalue weighted by Crippen LogP contribution is -2.56. The zero-order chi connectivity index (χ0) is 40.5. The van der Waals surface area contributed by atoms with Crippen molar-refractivity contribution in [2.45, 2.75) is 159 Å². The Hall–Kier alpha value is -4.36. The fourth-order valence-electron chi connectivity index (χ4n) is 14.3. The number of rotatable bonds is 16. The Balaban J connectivity index is 1.04. The minimum absolute atomic E-state index is 0.0330. The number of fused-ring (bicyclic) bond motifs is 5. The van der Waals surface area contributed by atoms with E-state index in [4.69, 9.17) is 0 Å². The molecule has 5 aromatic carbocycles. The molecule has 308 valence electrons. The summed E-state index contributed by atoms with van der Waals surface area (Å²) in [6.45, 7) is 8.81. The smallest absolute Gasteiger partial charge is 0.0465 e. The van der Waals surface area contributed by atoms with Gasteiger partial charge >= 0.3 is 0 Å². The first kappa shape index (κ1) is 38.6. The molecule has 60 heavy (non-hydrogen) atoms. The molecule has 0 spiro atoms.